The van der Waals surface area contributed by atoms with E-state index in [0.29, 0.717) is 17.6 Å². The van der Waals surface area contributed by atoms with Gasteiger partial charge in [0.05, 0.1) is 6.61 Å². The molecule has 2 rings (SSSR count). The van der Waals surface area contributed by atoms with Gasteiger partial charge >= 0.3 is 0 Å². The minimum atomic E-state index is -0.0591. The molecule has 0 aromatic heterocycles. The normalized spacial score (nSPS) is 47.2. The fourth-order valence-corrected chi connectivity index (χ4v) is 3.37. The maximum Gasteiger partial charge on any atom is 0.141 e. The van der Waals surface area contributed by atoms with Crippen LogP contribution in [-0.4, -0.2) is 17.5 Å². The van der Waals surface area contributed by atoms with Crippen LogP contribution in [0.5, 0.6) is 0 Å². The first-order valence-electron chi connectivity index (χ1n) is 5.14. The Morgan fingerprint density at radius 1 is 1.54 bits per heavy atom. The van der Waals surface area contributed by atoms with E-state index in [1.807, 2.05) is 0 Å². The Kier molecular flexibility index (Phi) is 1.82. The van der Waals surface area contributed by atoms with Crippen molar-refractivity contribution >= 4 is 5.78 Å². The first kappa shape index (κ1) is 9.20. The van der Waals surface area contributed by atoms with Crippen LogP contribution >= 0.6 is 0 Å². The van der Waals surface area contributed by atoms with Crippen LogP contribution in [0, 0.1) is 29.1 Å². The molecule has 0 aromatic rings. The zero-order chi connectivity index (χ0) is 9.80. The smallest absolute Gasteiger partial charge is 0.141 e. The van der Waals surface area contributed by atoms with E-state index < -0.39 is 0 Å². The van der Waals surface area contributed by atoms with E-state index in [4.69, 9.17) is 5.11 Å². The fraction of sp³-hybridized carbons (Fsp3) is 0.909. The van der Waals surface area contributed by atoms with Crippen molar-refractivity contribution < 1.29 is 9.90 Å². The molecule has 4 atom stereocenters. The lowest BCUT2D eigenvalue weighted by molar-refractivity contribution is -0.132. The van der Waals surface area contributed by atoms with Gasteiger partial charge in [-0.15, -0.1) is 0 Å². The molecule has 0 spiro atoms. The average Bonchev–Trinajstić information content (AvgIpc) is 2.50. The van der Waals surface area contributed by atoms with E-state index >= 15 is 0 Å². The topological polar surface area (TPSA) is 37.3 Å². The third-order valence-electron chi connectivity index (χ3n) is 4.65. The molecule has 74 valence electrons. The molecule has 0 radical (unpaired) electrons. The average molecular weight is 182 g/mol. The predicted molar refractivity (Wildman–Crippen MR) is 50.1 cm³/mol. The van der Waals surface area contributed by atoms with Gasteiger partial charge in [0.15, 0.2) is 0 Å². The van der Waals surface area contributed by atoms with Gasteiger partial charge in [0, 0.05) is 11.8 Å². The maximum atomic E-state index is 11.7. The van der Waals surface area contributed by atoms with Crippen molar-refractivity contribution in [2.24, 2.45) is 29.1 Å². The van der Waals surface area contributed by atoms with Crippen molar-refractivity contribution in [2.75, 3.05) is 6.61 Å². The highest BCUT2D eigenvalue weighted by molar-refractivity contribution is 5.87. The van der Waals surface area contributed by atoms with Crippen LogP contribution in [0.2, 0.25) is 0 Å². The highest BCUT2D eigenvalue weighted by Gasteiger charge is 2.59. The summed E-state index contributed by atoms with van der Waals surface area (Å²) >= 11 is 0. The standard InChI is InChI=1S/C11H18O2/c1-6-7-4-9(11(6,2)3)8(5-12)10(7)13/h6-9,12H,4-5H2,1-3H3. The van der Waals surface area contributed by atoms with Crippen LogP contribution in [0.4, 0.5) is 0 Å². The molecule has 4 unspecified atom stereocenters. The van der Waals surface area contributed by atoms with Crippen molar-refractivity contribution in [3.05, 3.63) is 0 Å². The van der Waals surface area contributed by atoms with Gasteiger partial charge in [0.1, 0.15) is 5.78 Å². The second-order valence-corrected chi connectivity index (χ2v) is 5.25. The largest absolute Gasteiger partial charge is 0.396 e. The second-order valence-electron chi connectivity index (χ2n) is 5.25. The lowest BCUT2D eigenvalue weighted by Gasteiger charge is -2.39. The van der Waals surface area contributed by atoms with Crippen LogP contribution in [0.15, 0.2) is 0 Å². The molecule has 2 bridgehead atoms. The third-order valence-corrected chi connectivity index (χ3v) is 4.65. The molecule has 0 heterocycles. The molecule has 2 fully saturated rings. The molecule has 0 amide bonds. The van der Waals surface area contributed by atoms with E-state index in [0.717, 1.165) is 6.42 Å². The number of rotatable bonds is 1. The van der Waals surface area contributed by atoms with Gasteiger partial charge < -0.3 is 5.11 Å². The Labute approximate surface area is 79.3 Å². The first-order chi connectivity index (χ1) is 6.00. The van der Waals surface area contributed by atoms with E-state index in [2.05, 4.69) is 20.8 Å². The minimum Gasteiger partial charge on any atom is -0.396 e. The molecule has 2 aliphatic carbocycles. The summed E-state index contributed by atoms with van der Waals surface area (Å²) in [4.78, 5) is 11.7. The van der Waals surface area contributed by atoms with E-state index in [-0.39, 0.29) is 23.9 Å². The van der Waals surface area contributed by atoms with Crippen molar-refractivity contribution in [3.63, 3.8) is 0 Å². The van der Waals surface area contributed by atoms with Gasteiger partial charge in [-0.05, 0) is 23.7 Å². The molecule has 0 saturated heterocycles. The van der Waals surface area contributed by atoms with E-state index in [1.165, 1.54) is 0 Å². The van der Waals surface area contributed by atoms with Crippen molar-refractivity contribution in [3.8, 4) is 0 Å². The number of ketones is 1. The third kappa shape index (κ3) is 0.954. The van der Waals surface area contributed by atoms with Crippen LogP contribution in [0.1, 0.15) is 27.2 Å². The Balaban J connectivity index is 2.32. The summed E-state index contributed by atoms with van der Waals surface area (Å²) in [7, 11) is 0. The minimum absolute atomic E-state index is 0.0517. The summed E-state index contributed by atoms with van der Waals surface area (Å²) in [5.41, 5.74) is 0.242. The molecule has 0 aromatic carbocycles. The number of hydrogen-bond acceptors (Lipinski definition) is 2. The number of fused-ring (bicyclic) bond motifs is 2. The van der Waals surface area contributed by atoms with Crippen molar-refractivity contribution in [2.45, 2.75) is 27.2 Å². The molecule has 1 N–H and O–H groups in total. The molecule has 2 heteroatoms. The van der Waals surface area contributed by atoms with Gasteiger partial charge in [-0.25, -0.2) is 0 Å². The summed E-state index contributed by atoms with van der Waals surface area (Å²) in [6.45, 7) is 6.70. The quantitative estimate of drug-likeness (QED) is 0.667. The molecule has 2 aliphatic rings. The van der Waals surface area contributed by atoms with Crippen molar-refractivity contribution in [1.82, 2.24) is 0 Å². The van der Waals surface area contributed by atoms with Gasteiger partial charge in [0.25, 0.3) is 0 Å². The number of carbonyl (C=O) groups is 1. The zero-order valence-electron chi connectivity index (χ0n) is 8.58. The summed E-state index contributed by atoms with van der Waals surface area (Å²) in [5.74, 6) is 1.41. The first-order valence-corrected chi connectivity index (χ1v) is 5.14. The zero-order valence-corrected chi connectivity index (χ0v) is 8.58. The fourth-order valence-electron chi connectivity index (χ4n) is 3.37. The lowest BCUT2D eigenvalue weighted by Crippen LogP contribution is -2.41. The van der Waals surface area contributed by atoms with E-state index in [9.17, 15) is 4.79 Å². The Morgan fingerprint density at radius 2 is 2.15 bits per heavy atom. The maximum absolute atomic E-state index is 11.7. The van der Waals surface area contributed by atoms with Gasteiger partial charge in [-0.2, -0.15) is 0 Å². The lowest BCUT2D eigenvalue weighted by atomic mass is 9.65. The van der Waals surface area contributed by atoms with Crippen LogP contribution in [-0.2, 0) is 4.79 Å². The van der Waals surface area contributed by atoms with Crippen LogP contribution in [0.3, 0.4) is 0 Å². The molecule has 2 nitrogen and oxygen atoms in total. The Bertz CT molecular complexity index is 240. The molecule has 0 aliphatic heterocycles. The van der Waals surface area contributed by atoms with Gasteiger partial charge in [0.2, 0.25) is 0 Å². The highest BCUT2D eigenvalue weighted by Crippen LogP contribution is 2.59. The Morgan fingerprint density at radius 3 is 2.62 bits per heavy atom. The monoisotopic (exact) mass is 182 g/mol. The predicted octanol–water partition coefficient (Wildman–Crippen LogP) is 1.48. The number of Topliss-reactive ketones (excluding diaryl/α,β-unsaturated/α-hetero) is 1. The number of carbonyl (C=O) groups excluding carboxylic acids is 1. The van der Waals surface area contributed by atoms with Crippen LogP contribution < -0.4 is 0 Å². The SMILES string of the molecule is CC1C2CC(C(CO)C2=O)C1(C)C. The van der Waals surface area contributed by atoms with Crippen LogP contribution in [0.25, 0.3) is 0 Å². The molecule has 2 saturated carbocycles. The van der Waals surface area contributed by atoms with Gasteiger partial charge in [-0.1, -0.05) is 20.8 Å². The summed E-state index contributed by atoms with van der Waals surface area (Å²) < 4.78 is 0. The van der Waals surface area contributed by atoms with E-state index in [1.54, 1.807) is 0 Å². The number of aliphatic hydroxyl groups excluding tert-OH is 1. The number of hydrogen-bond donors (Lipinski definition) is 1. The van der Waals surface area contributed by atoms with Crippen molar-refractivity contribution in [1.29, 1.82) is 0 Å². The highest BCUT2D eigenvalue weighted by atomic mass is 16.3. The Hall–Kier alpha value is -0.370. The second kappa shape index (κ2) is 2.57. The molecular formula is C11H18O2. The summed E-state index contributed by atoms with van der Waals surface area (Å²) in [6, 6.07) is 0. The van der Waals surface area contributed by atoms with Gasteiger partial charge in [-0.3, -0.25) is 4.79 Å². The summed E-state index contributed by atoms with van der Waals surface area (Å²) in [6.07, 6.45) is 1.01. The molecule has 13 heavy (non-hydrogen) atoms. The molecular weight excluding hydrogens is 164 g/mol. The number of aliphatic hydroxyl groups is 1. The summed E-state index contributed by atoms with van der Waals surface area (Å²) in [5, 5.41) is 9.16.